The Morgan fingerprint density at radius 2 is 1.55 bits per heavy atom. The highest BCUT2D eigenvalue weighted by Gasteiger charge is 2.21. The molecule has 0 saturated carbocycles. The largest absolute Gasteiger partial charge is 0.335 e. The summed E-state index contributed by atoms with van der Waals surface area (Å²) >= 11 is 0. The third-order valence-corrected chi connectivity index (χ3v) is 4.51. The van der Waals surface area contributed by atoms with E-state index in [1.807, 2.05) is 60.7 Å². The third kappa shape index (κ3) is 4.06. The first-order valence-corrected chi connectivity index (χ1v) is 9.19. The standard InChI is InChI=1S/C23H19FN4O/c1-27(16-17-12-14-19(24)15-13-17)23(29)21-25-22(18-8-4-2-5-9-18)28(26-21)20-10-6-3-7-11-20/h2-15H,16H2,1H3. The van der Waals surface area contributed by atoms with Crippen LogP contribution >= 0.6 is 0 Å². The summed E-state index contributed by atoms with van der Waals surface area (Å²) in [6, 6.07) is 25.3. The van der Waals surface area contributed by atoms with Crippen LogP contribution < -0.4 is 0 Å². The van der Waals surface area contributed by atoms with Crippen molar-refractivity contribution in [3.63, 3.8) is 0 Å². The molecule has 0 radical (unpaired) electrons. The average molecular weight is 386 g/mol. The molecule has 0 N–H and O–H groups in total. The lowest BCUT2D eigenvalue weighted by atomic mass is 10.2. The molecule has 1 aromatic heterocycles. The number of carbonyl (C=O) groups excluding carboxylic acids is 1. The third-order valence-electron chi connectivity index (χ3n) is 4.51. The molecular formula is C23H19FN4O. The number of amides is 1. The van der Waals surface area contributed by atoms with Gasteiger partial charge < -0.3 is 4.90 Å². The van der Waals surface area contributed by atoms with Gasteiger partial charge in [0.05, 0.1) is 5.69 Å². The molecule has 5 nitrogen and oxygen atoms in total. The molecule has 4 aromatic rings. The van der Waals surface area contributed by atoms with E-state index in [-0.39, 0.29) is 17.5 Å². The number of benzene rings is 3. The highest BCUT2D eigenvalue weighted by Crippen LogP contribution is 2.21. The van der Waals surface area contributed by atoms with E-state index in [9.17, 15) is 9.18 Å². The maximum Gasteiger partial charge on any atom is 0.293 e. The van der Waals surface area contributed by atoms with E-state index < -0.39 is 0 Å². The Bertz CT molecular complexity index is 1050. The van der Waals surface area contributed by atoms with Gasteiger partial charge in [0.1, 0.15) is 5.82 Å². The molecule has 144 valence electrons. The van der Waals surface area contributed by atoms with E-state index in [4.69, 9.17) is 0 Å². The van der Waals surface area contributed by atoms with Crippen LogP contribution in [-0.4, -0.2) is 32.6 Å². The molecule has 1 heterocycles. The summed E-state index contributed by atoms with van der Waals surface area (Å²) in [7, 11) is 1.68. The molecule has 0 saturated heterocycles. The SMILES string of the molecule is CN(Cc1ccc(F)cc1)C(=O)c1nc(-c2ccccc2)n(-c2ccccc2)n1. The van der Waals surface area contributed by atoms with Crippen molar-refractivity contribution in [2.75, 3.05) is 7.05 Å². The molecule has 6 heteroatoms. The Morgan fingerprint density at radius 1 is 0.931 bits per heavy atom. The number of hydrogen-bond donors (Lipinski definition) is 0. The van der Waals surface area contributed by atoms with Gasteiger partial charge >= 0.3 is 0 Å². The van der Waals surface area contributed by atoms with Gasteiger partial charge in [-0.3, -0.25) is 4.79 Å². The zero-order valence-corrected chi connectivity index (χ0v) is 15.9. The summed E-state index contributed by atoms with van der Waals surface area (Å²) in [6.45, 7) is 0.333. The molecule has 0 aliphatic rings. The van der Waals surface area contributed by atoms with Crippen LogP contribution in [-0.2, 0) is 6.54 Å². The van der Waals surface area contributed by atoms with Gasteiger partial charge in [0.15, 0.2) is 5.82 Å². The molecule has 0 fully saturated rings. The second-order valence-corrected chi connectivity index (χ2v) is 6.66. The number of rotatable bonds is 5. The van der Waals surface area contributed by atoms with Crippen LogP contribution in [0.15, 0.2) is 84.9 Å². The molecule has 3 aromatic carbocycles. The number of para-hydroxylation sites is 1. The molecule has 29 heavy (non-hydrogen) atoms. The van der Waals surface area contributed by atoms with Crippen molar-refractivity contribution in [1.82, 2.24) is 19.7 Å². The van der Waals surface area contributed by atoms with Crippen LogP contribution in [0.4, 0.5) is 4.39 Å². The van der Waals surface area contributed by atoms with Crippen molar-refractivity contribution in [2.24, 2.45) is 0 Å². The molecule has 0 aliphatic heterocycles. The van der Waals surface area contributed by atoms with E-state index in [0.29, 0.717) is 12.4 Å². The van der Waals surface area contributed by atoms with Crippen LogP contribution in [0.3, 0.4) is 0 Å². The first-order valence-electron chi connectivity index (χ1n) is 9.19. The van der Waals surface area contributed by atoms with Crippen LogP contribution in [0.25, 0.3) is 17.1 Å². The summed E-state index contributed by atoms with van der Waals surface area (Å²) in [5, 5.41) is 4.49. The van der Waals surface area contributed by atoms with E-state index in [2.05, 4.69) is 10.1 Å². The quantitative estimate of drug-likeness (QED) is 0.513. The van der Waals surface area contributed by atoms with Crippen molar-refractivity contribution >= 4 is 5.91 Å². The van der Waals surface area contributed by atoms with Gasteiger partial charge in [-0.25, -0.2) is 14.1 Å². The fourth-order valence-corrected chi connectivity index (χ4v) is 3.03. The Morgan fingerprint density at radius 3 is 2.21 bits per heavy atom. The van der Waals surface area contributed by atoms with Gasteiger partial charge in [-0.2, -0.15) is 0 Å². The molecule has 1 amide bonds. The van der Waals surface area contributed by atoms with Gasteiger partial charge in [-0.05, 0) is 29.8 Å². The van der Waals surface area contributed by atoms with Crippen molar-refractivity contribution in [2.45, 2.75) is 6.54 Å². The number of carbonyl (C=O) groups is 1. The normalized spacial score (nSPS) is 10.7. The first-order chi connectivity index (χ1) is 14.1. The average Bonchev–Trinajstić information content (AvgIpc) is 3.21. The topological polar surface area (TPSA) is 51.0 Å². The van der Waals surface area contributed by atoms with E-state index in [1.165, 1.54) is 17.0 Å². The molecular weight excluding hydrogens is 367 g/mol. The predicted octanol–water partition coefficient (Wildman–Crippen LogP) is 4.35. The maximum atomic E-state index is 13.1. The zero-order valence-electron chi connectivity index (χ0n) is 15.9. The van der Waals surface area contributed by atoms with Gasteiger partial charge in [-0.1, -0.05) is 60.7 Å². The molecule has 0 aliphatic carbocycles. The second-order valence-electron chi connectivity index (χ2n) is 6.66. The Kier molecular flexibility index (Phi) is 5.16. The summed E-state index contributed by atoms with van der Waals surface area (Å²) < 4.78 is 14.8. The lowest BCUT2D eigenvalue weighted by Gasteiger charge is -2.15. The van der Waals surface area contributed by atoms with Crippen LogP contribution in [0, 0.1) is 5.82 Å². The number of nitrogens with zero attached hydrogens (tertiary/aromatic N) is 4. The monoisotopic (exact) mass is 386 g/mol. The van der Waals surface area contributed by atoms with Gasteiger partial charge in [0, 0.05) is 19.2 Å². The number of aromatic nitrogens is 3. The number of halogens is 1. The first kappa shape index (κ1) is 18.6. The summed E-state index contributed by atoms with van der Waals surface area (Å²) in [5.41, 5.74) is 2.51. The minimum atomic E-state index is -0.307. The minimum Gasteiger partial charge on any atom is -0.335 e. The summed E-state index contributed by atoms with van der Waals surface area (Å²) in [5.74, 6) is 0.0901. The van der Waals surface area contributed by atoms with Gasteiger partial charge in [-0.15, -0.1) is 5.10 Å². The second kappa shape index (κ2) is 8.06. The lowest BCUT2D eigenvalue weighted by molar-refractivity contribution is 0.0773. The van der Waals surface area contributed by atoms with Crippen molar-refractivity contribution in [1.29, 1.82) is 0 Å². The molecule has 4 rings (SSSR count). The maximum absolute atomic E-state index is 13.1. The van der Waals surface area contributed by atoms with Crippen LogP contribution in [0.2, 0.25) is 0 Å². The van der Waals surface area contributed by atoms with E-state index in [0.717, 1.165) is 16.8 Å². The summed E-state index contributed by atoms with van der Waals surface area (Å²) in [4.78, 5) is 19.0. The Hall–Kier alpha value is -3.80. The molecule has 0 spiro atoms. The fourth-order valence-electron chi connectivity index (χ4n) is 3.03. The van der Waals surface area contributed by atoms with Crippen molar-refractivity contribution < 1.29 is 9.18 Å². The van der Waals surface area contributed by atoms with Crippen molar-refractivity contribution in [3.05, 3.63) is 102 Å². The van der Waals surface area contributed by atoms with E-state index >= 15 is 0 Å². The minimum absolute atomic E-state index is 0.109. The number of hydrogen-bond acceptors (Lipinski definition) is 3. The van der Waals surface area contributed by atoms with Crippen LogP contribution in [0.1, 0.15) is 16.2 Å². The van der Waals surface area contributed by atoms with Crippen molar-refractivity contribution in [3.8, 4) is 17.1 Å². The predicted molar refractivity (Wildman–Crippen MR) is 109 cm³/mol. The highest BCUT2D eigenvalue weighted by molar-refractivity contribution is 5.90. The van der Waals surface area contributed by atoms with Gasteiger partial charge in [0.25, 0.3) is 5.91 Å². The molecule has 0 bridgehead atoms. The van der Waals surface area contributed by atoms with E-state index in [1.54, 1.807) is 23.9 Å². The summed E-state index contributed by atoms with van der Waals surface area (Å²) in [6.07, 6.45) is 0. The smallest absolute Gasteiger partial charge is 0.293 e. The molecule has 0 unspecified atom stereocenters. The Balaban J connectivity index is 1.67. The van der Waals surface area contributed by atoms with Crippen LogP contribution in [0.5, 0.6) is 0 Å². The Labute approximate surface area is 168 Å². The fraction of sp³-hybridized carbons (Fsp3) is 0.0870. The van der Waals surface area contributed by atoms with Gasteiger partial charge in [0.2, 0.25) is 5.82 Å². The lowest BCUT2D eigenvalue weighted by Crippen LogP contribution is -2.27. The highest BCUT2D eigenvalue weighted by atomic mass is 19.1. The molecule has 0 atom stereocenters. The zero-order chi connectivity index (χ0) is 20.2.